The molecule has 0 aliphatic rings. The first-order chi connectivity index (χ1) is 20.6. The quantitative estimate of drug-likeness (QED) is 0.218. The van der Waals surface area contributed by atoms with Crippen molar-refractivity contribution in [3.05, 3.63) is 117 Å². The van der Waals surface area contributed by atoms with E-state index < -0.39 is 54.6 Å². The Bertz CT molecular complexity index is 2250. The average molecular weight is 661 g/mol. The maximum atomic E-state index is 14.8. The summed E-state index contributed by atoms with van der Waals surface area (Å²) < 4.78 is 85.0. The highest BCUT2D eigenvalue weighted by molar-refractivity contribution is 7.92. The molecule has 0 aliphatic carbocycles. The van der Waals surface area contributed by atoms with Gasteiger partial charge in [0.05, 0.1) is 23.4 Å². The minimum absolute atomic E-state index is 0.00259. The molecule has 0 radical (unpaired) electrons. The second kappa shape index (κ2) is 11.5. The number of nitrogens with one attached hydrogen (secondary N) is 3. The molecule has 0 unspecified atom stereocenters. The largest absolute Gasteiger partial charge is 0.331 e. The van der Waals surface area contributed by atoms with E-state index >= 15 is 0 Å². The molecule has 2 aromatic heterocycles. The molecule has 15 heteroatoms. The number of anilines is 1. The minimum atomic E-state index is -4.66. The van der Waals surface area contributed by atoms with Crippen molar-refractivity contribution >= 4 is 54.1 Å². The van der Waals surface area contributed by atoms with Gasteiger partial charge in [0.15, 0.2) is 0 Å². The highest BCUT2D eigenvalue weighted by Crippen LogP contribution is 2.36. The molecule has 228 valence electrons. The highest BCUT2D eigenvalue weighted by Gasteiger charge is 2.29. The molecule has 5 aromatic rings. The smallest absolute Gasteiger partial charge is 0.282 e. The zero-order chi connectivity index (χ0) is 32.0. The van der Waals surface area contributed by atoms with Crippen molar-refractivity contribution in [2.45, 2.75) is 18.4 Å². The molecule has 44 heavy (non-hydrogen) atoms. The van der Waals surface area contributed by atoms with Gasteiger partial charge in [0.2, 0.25) is 10.0 Å². The molecular formula is C29H23ClF2N4O6S2. The lowest BCUT2D eigenvalue weighted by molar-refractivity contribution is 0.0974. The lowest BCUT2D eigenvalue weighted by Gasteiger charge is -2.15. The zero-order valence-electron chi connectivity index (χ0n) is 23.0. The Morgan fingerprint density at radius 1 is 1.00 bits per heavy atom. The number of aryl methyl sites for hydroxylation is 1. The summed E-state index contributed by atoms with van der Waals surface area (Å²) in [7, 11) is -8.42. The van der Waals surface area contributed by atoms with Gasteiger partial charge in [-0.3, -0.25) is 14.3 Å². The summed E-state index contributed by atoms with van der Waals surface area (Å²) in [5.74, 6) is -2.73. The SMILES string of the molecule is Cc1ccc(S(=O)(=O)NC(=O)c2c(-c3ccc[nH]c3=O)c3cc(Cl)ccc3n2Cc2cc(F)ccc2F)cc1NS(C)(=O)=O. The van der Waals surface area contributed by atoms with E-state index in [2.05, 4.69) is 9.71 Å². The van der Waals surface area contributed by atoms with Crippen LogP contribution in [0.5, 0.6) is 0 Å². The number of nitrogens with zero attached hydrogens (tertiary/aromatic N) is 1. The van der Waals surface area contributed by atoms with Gasteiger partial charge in [-0.05, 0) is 73.2 Å². The third-order valence-electron chi connectivity index (χ3n) is 6.71. The highest BCUT2D eigenvalue weighted by atomic mass is 35.5. The Hall–Kier alpha value is -4.53. The summed E-state index contributed by atoms with van der Waals surface area (Å²) >= 11 is 6.28. The molecule has 0 fully saturated rings. The van der Waals surface area contributed by atoms with Crippen LogP contribution in [0.2, 0.25) is 5.02 Å². The van der Waals surface area contributed by atoms with Crippen LogP contribution in [-0.2, 0) is 26.6 Å². The number of H-pyrrole nitrogens is 1. The van der Waals surface area contributed by atoms with Crippen molar-refractivity contribution in [1.29, 1.82) is 0 Å². The monoisotopic (exact) mass is 660 g/mol. The number of hydrogen-bond donors (Lipinski definition) is 3. The molecule has 5 rings (SSSR count). The van der Waals surface area contributed by atoms with Crippen LogP contribution in [0.25, 0.3) is 22.0 Å². The van der Waals surface area contributed by atoms with Gasteiger partial charge < -0.3 is 9.55 Å². The number of sulfonamides is 2. The first-order valence-electron chi connectivity index (χ1n) is 12.7. The predicted molar refractivity (Wildman–Crippen MR) is 163 cm³/mol. The molecular weight excluding hydrogens is 638 g/mol. The van der Waals surface area contributed by atoms with Crippen molar-refractivity contribution in [3.63, 3.8) is 0 Å². The predicted octanol–water partition coefficient (Wildman–Crippen LogP) is 4.78. The molecule has 0 spiro atoms. The normalized spacial score (nSPS) is 11.9. The van der Waals surface area contributed by atoms with Crippen molar-refractivity contribution in [2.75, 3.05) is 11.0 Å². The second-order valence-electron chi connectivity index (χ2n) is 9.91. The fourth-order valence-corrected chi connectivity index (χ4v) is 6.53. The van der Waals surface area contributed by atoms with E-state index in [1.165, 1.54) is 53.2 Å². The number of aromatic nitrogens is 2. The molecule has 0 aliphatic heterocycles. The van der Waals surface area contributed by atoms with Crippen LogP contribution in [0, 0.1) is 18.6 Å². The van der Waals surface area contributed by atoms with Crippen molar-refractivity contribution in [3.8, 4) is 11.1 Å². The van der Waals surface area contributed by atoms with Crippen molar-refractivity contribution in [1.82, 2.24) is 14.3 Å². The zero-order valence-corrected chi connectivity index (χ0v) is 25.4. The molecule has 2 heterocycles. The van der Waals surface area contributed by atoms with E-state index in [0.29, 0.717) is 5.56 Å². The summed E-state index contributed by atoms with van der Waals surface area (Å²) in [6, 6.07) is 13.7. The van der Waals surface area contributed by atoms with Crippen LogP contribution in [0.15, 0.2) is 82.6 Å². The summed E-state index contributed by atoms with van der Waals surface area (Å²) in [5.41, 5.74) is -0.479. The number of aromatic amines is 1. The van der Waals surface area contributed by atoms with E-state index in [0.717, 1.165) is 30.5 Å². The van der Waals surface area contributed by atoms with E-state index in [4.69, 9.17) is 11.6 Å². The lowest BCUT2D eigenvalue weighted by atomic mass is 10.0. The molecule has 0 atom stereocenters. The van der Waals surface area contributed by atoms with Crippen LogP contribution in [0.1, 0.15) is 21.6 Å². The number of fused-ring (bicyclic) bond motifs is 1. The van der Waals surface area contributed by atoms with Crippen LogP contribution in [0.3, 0.4) is 0 Å². The number of amides is 1. The van der Waals surface area contributed by atoms with Crippen LogP contribution in [0.4, 0.5) is 14.5 Å². The number of carbonyl (C=O) groups excluding carboxylic acids is 1. The fraction of sp³-hybridized carbons (Fsp3) is 0.103. The van der Waals surface area contributed by atoms with Gasteiger partial charge in [-0.15, -0.1) is 0 Å². The molecule has 0 saturated carbocycles. The van der Waals surface area contributed by atoms with Crippen LogP contribution >= 0.6 is 11.6 Å². The van der Waals surface area contributed by atoms with Gasteiger partial charge in [-0.25, -0.2) is 30.3 Å². The molecule has 1 amide bonds. The Morgan fingerprint density at radius 3 is 2.45 bits per heavy atom. The third-order valence-corrected chi connectivity index (χ3v) is 8.86. The van der Waals surface area contributed by atoms with E-state index in [1.807, 2.05) is 4.72 Å². The molecule has 3 N–H and O–H groups in total. The van der Waals surface area contributed by atoms with Gasteiger partial charge in [-0.2, -0.15) is 0 Å². The van der Waals surface area contributed by atoms with Gasteiger partial charge in [-0.1, -0.05) is 17.7 Å². The van der Waals surface area contributed by atoms with E-state index in [-0.39, 0.29) is 44.0 Å². The minimum Gasteiger partial charge on any atom is -0.331 e. The summed E-state index contributed by atoms with van der Waals surface area (Å²) in [4.78, 5) is 29.0. The van der Waals surface area contributed by atoms with E-state index in [1.54, 1.807) is 6.92 Å². The maximum absolute atomic E-state index is 14.8. The standard InChI is InChI=1S/C29H23ClF2N4O6S2/c1-16-5-8-20(14-24(16)34-43(2,39)40)44(41,42)35-29(38)27-26(21-4-3-11-33-28(21)37)22-13-18(30)6-10-25(22)36(27)15-17-12-19(31)7-9-23(17)32/h3-14,34H,15H2,1-2H3,(H,33,37)(H,35,38). The van der Waals surface area contributed by atoms with Gasteiger partial charge in [0.25, 0.3) is 21.5 Å². The fourth-order valence-electron chi connectivity index (χ4n) is 4.76. The Morgan fingerprint density at radius 2 is 1.75 bits per heavy atom. The topological polar surface area (TPSA) is 147 Å². The Balaban J connectivity index is 1.73. The second-order valence-corrected chi connectivity index (χ2v) is 13.8. The lowest BCUT2D eigenvalue weighted by Crippen LogP contribution is -2.33. The summed E-state index contributed by atoms with van der Waals surface area (Å²) in [6.07, 6.45) is 2.26. The van der Waals surface area contributed by atoms with Crippen LogP contribution in [-0.4, -0.2) is 38.5 Å². The van der Waals surface area contributed by atoms with Crippen molar-refractivity contribution < 1.29 is 30.4 Å². The summed E-state index contributed by atoms with van der Waals surface area (Å²) in [5, 5.41) is 0.494. The number of hydrogen-bond acceptors (Lipinski definition) is 6. The number of pyridine rings is 1. The number of carbonyl (C=O) groups is 1. The molecule has 0 bridgehead atoms. The van der Waals surface area contributed by atoms with E-state index in [9.17, 15) is 35.2 Å². The van der Waals surface area contributed by atoms with Gasteiger partial charge in [0.1, 0.15) is 17.3 Å². The molecule has 10 nitrogen and oxygen atoms in total. The van der Waals surface area contributed by atoms with Gasteiger partial charge in [0, 0.05) is 38.8 Å². The Labute approximate surface area is 255 Å². The number of halogens is 3. The molecule has 0 saturated heterocycles. The van der Waals surface area contributed by atoms with Crippen molar-refractivity contribution in [2.24, 2.45) is 0 Å². The first-order valence-corrected chi connectivity index (χ1v) is 16.5. The first kappa shape index (κ1) is 30.9. The molecule has 3 aromatic carbocycles. The van der Waals surface area contributed by atoms with Crippen LogP contribution < -0.4 is 15.0 Å². The average Bonchev–Trinajstić information content (AvgIpc) is 3.24. The maximum Gasteiger partial charge on any atom is 0.282 e. The van der Waals surface area contributed by atoms with Gasteiger partial charge >= 0.3 is 0 Å². The summed E-state index contributed by atoms with van der Waals surface area (Å²) in [6.45, 7) is 1.13. The third kappa shape index (κ3) is 6.23. The number of benzene rings is 3. The Kier molecular flexibility index (Phi) is 8.09. The number of rotatable bonds is 8.